The number of hydrogen-bond donors (Lipinski definition) is 0. The second-order valence-corrected chi connectivity index (χ2v) is 5.49. The van der Waals surface area contributed by atoms with E-state index in [1.54, 1.807) is 29.7 Å². The Morgan fingerprint density at radius 3 is 2.85 bits per heavy atom. The van der Waals surface area contributed by atoms with Crippen molar-refractivity contribution < 1.29 is 4.79 Å². The van der Waals surface area contributed by atoms with Gasteiger partial charge in [-0.3, -0.25) is 14.9 Å². The normalized spacial score (nSPS) is 14.9. The molecule has 0 aliphatic carbocycles. The maximum Gasteiger partial charge on any atom is 0.324 e. The zero-order valence-electron chi connectivity index (χ0n) is 10.7. The van der Waals surface area contributed by atoms with Crippen molar-refractivity contribution in [3.05, 3.63) is 53.0 Å². The first-order chi connectivity index (χ1) is 9.74. The summed E-state index contributed by atoms with van der Waals surface area (Å²) in [5.41, 5.74) is 1.85. The highest BCUT2D eigenvalue weighted by Gasteiger charge is 2.29. The number of nitrogens with zero attached hydrogens (tertiary/aromatic N) is 4. The Hall–Kier alpha value is -1.95. The lowest BCUT2D eigenvalue weighted by Gasteiger charge is -2.18. The van der Waals surface area contributed by atoms with Gasteiger partial charge in [-0.05, 0) is 33.6 Å². The van der Waals surface area contributed by atoms with E-state index in [-0.39, 0.29) is 6.03 Å². The largest absolute Gasteiger partial charge is 0.324 e. The van der Waals surface area contributed by atoms with Crippen molar-refractivity contribution in [3.63, 3.8) is 0 Å². The summed E-state index contributed by atoms with van der Waals surface area (Å²) in [5, 5.41) is 0. The van der Waals surface area contributed by atoms with Crippen LogP contribution in [0.5, 0.6) is 0 Å². The second-order valence-electron chi connectivity index (χ2n) is 4.58. The molecule has 2 aromatic rings. The van der Waals surface area contributed by atoms with E-state index in [4.69, 9.17) is 0 Å². The fourth-order valence-electron chi connectivity index (χ4n) is 2.23. The molecule has 20 heavy (non-hydrogen) atoms. The Balaban J connectivity index is 1.74. The predicted molar refractivity (Wildman–Crippen MR) is 79.3 cm³/mol. The molecule has 1 saturated heterocycles. The van der Waals surface area contributed by atoms with Crippen molar-refractivity contribution in [1.82, 2.24) is 14.9 Å². The highest BCUT2D eigenvalue weighted by molar-refractivity contribution is 9.10. The molecular formula is C14H13BrN4O. The smallest absolute Gasteiger partial charge is 0.318 e. The van der Waals surface area contributed by atoms with Gasteiger partial charge in [0, 0.05) is 42.7 Å². The third kappa shape index (κ3) is 2.65. The van der Waals surface area contributed by atoms with E-state index in [9.17, 15) is 4.79 Å². The molecule has 0 unspecified atom stereocenters. The van der Waals surface area contributed by atoms with E-state index in [2.05, 4.69) is 25.9 Å². The van der Waals surface area contributed by atoms with Gasteiger partial charge < -0.3 is 4.90 Å². The molecule has 0 atom stereocenters. The summed E-state index contributed by atoms with van der Waals surface area (Å²) in [5.74, 6) is 0. The van der Waals surface area contributed by atoms with Gasteiger partial charge >= 0.3 is 6.03 Å². The number of carbonyl (C=O) groups excluding carboxylic acids is 1. The van der Waals surface area contributed by atoms with Crippen molar-refractivity contribution in [1.29, 1.82) is 0 Å². The van der Waals surface area contributed by atoms with E-state index in [0.29, 0.717) is 19.6 Å². The van der Waals surface area contributed by atoms with Crippen LogP contribution < -0.4 is 4.90 Å². The van der Waals surface area contributed by atoms with E-state index in [1.165, 1.54) is 0 Å². The molecule has 0 aromatic carbocycles. The standard InChI is InChI=1S/C14H13BrN4O/c15-12-6-13(9-17-8-12)19-5-4-18(14(19)20)10-11-2-1-3-16-7-11/h1-3,6-9H,4-5,10H2. The van der Waals surface area contributed by atoms with Crippen molar-refractivity contribution >= 4 is 27.6 Å². The molecular weight excluding hydrogens is 320 g/mol. The van der Waals surface area contributed by atoms with Gasteiger partial charge in [0.2, 0.25) is 0 Å². The van der Waals surface area contributed by atoms with Crippen LogP contribution in [-0.2, 0) is 6.54 Å². The summed E-state index contributed by atoms with van der Waals surface area (Å²) in [7, 11) is 0. The van der Waals surface area contributed by atoms with Gasteiger partial charge in [0.25, 0.3) is 0 Å². The van der Waals surface area contributed by atoms with Crippen LogP contribution in [0.4, 0.5) is 10.5 Å². The molecule has 0 bridgehead atoms. The zero-order valence-corrected chi connectivity index (χ0v) is 12.3. The Labute approximate surface area is 125 Å². The summed E-state index contributed by atoms with van der Waals surface area (Å²) in [6.07, 6.45) is 6.93. The number of hydrogen-bond acceptors (Lipinski definition) is 3. The number of amides is 2. The lowest BCUT2D eigenvalue weighted by molar-refractivity contribution is 0.218. The molecule has 102 valence electrons. The minimum atomic E-state index is 0.00810. The molecule has 3 rings (SSSR count). The number of urea groups is 1. The molecule has 0 spiro atoms. The van der Waals surface area contributed by atoms with E-state index < -0.39 is 0 Å². The van der Waals surface area contributed by atoms with Crippen LogP contribution in [0, 0.1) is 0 Å². The number of halogens is 1. The Morgan fingerprint density at radius 2 is 2.10 bits per heavy atom. The van der Waals surface area contributed by atoms with Gasteiger partial charge in [0.1, 0.15) is 0 Å². The molecule has 6 heteroatoms. The average Bonchev–Trinajstić information content (AvgIpc) is 2.81. The zero-order chi connectivity index (χ0) is 13.9. The van der Waals surface area contributed by atoms with Crippen LogP contribution >= 0.6 is 15.9 Å². The first kappa shape index (κ1) is 13.1. The molecule has 1 fully saturated rings. The number of aromatic nitrogens is 2. The van der Waals surface area contributed by atoms with Gasteiger partial charge in [0.05, 0.1) is 11.9 Å². The summed E-state index contributed by atoms with van der Waals surface area (Å²) >= 11 is 3.38. The van der Waals surface area contributed by atoms with Gasteiger partial charge in [-0.25, -0.2) is 4.79 Å². The average molecular weight is 333 g/mol. The molecule has 1 aliphatic rings. The highest BCUT2D eigenvalue weighted by atomic mass is 79.9. The number of carbonyl (C=O) groups is 1. The van der Waals surface area contributed by atoms with Gasteiger partial charge in [-0.15, -0.1) is 0 Å². The molecule has 0 N–H and O–H groups in total. The Kier molecular flexibility index (Phi) is 3.64. The maximum atomic E-state index is 12.4. The molecule has 0 saturated carbocycles. The van der Waals surface area contributed by atoms with Gasteiger partial charge in [-0.1, -0.05) is 6.07 Å². The minimum Gasteiger partial charge on any atom is -0.318 e. The van der Waals surface area contributed by atoms with E-state index in [0.717, 1.165) is 15.7 Å². The molecule has 2 aromatic heterocycles. The number of rotatable bonds is 3. The first-order valence-electron chi connectivity index (χ1n) is 6.30. The summed E-state index contributed by atoms with van der Waals surface area (Å²) in [4.78, 5) is 24.1. The molecule has 5 nitrogen and oxygen atoms in total. The predicted octanol–water partition coefficient (Wildman–Crippen LogP) is 2.68. The topological polar surface area (TPSA) is 49.3 Å². The SMILES string of the molecule is O=C1N(Cc2cccnc2)CCN1c1cncc(Br)c1. The van der Waals surface area contributed by atoms with Crippen LogP contribution in [0.15, 0.2) is 47.5 Å². The maximum absolute atomic E-state index is 12.4. The number of pyridine rings is 2. The fraction of sp³-hybridized carbons (Fsp3) is 0.214. The van der Waals surface area contributed by atoms with Crippen molar-refractivity contribution in [3.8, 4) is 0 Å². The molecule has 3 heterocycles. The van der Waals surface area contributed by atoms with Gasteiger partial charge in [0.15, 0.2) is 0 Å². The Bertz CT molecular complexity index is 620. The van der Waals surface area contributed by atoms with Crippen LogP contribution in [-0.4, -0.2) is 34.0 Å². The lowest BCUT2D eigenvalue weighted by atomic mass is 10.3. The summed E-state index contributed by atoms with van der Waals surface area (Å²) in [6.45, 7) is 1.97. The first-order valence-corrected chi connectivity index (χ1v) is 7.09. The molecule has 1 aliphatic heterocycles. The van der Waals surface area contributed by atoms with Crippen molar-refractivity contribution in [2.75, 3.05) is 18.0 Å². The van der Waals surface area contributed by atoms with Crippen molar-refractivity contribution in [2.24, 2.45) is 0 Å². The summed E-state index contributed by atoms with van der Waals surface area (Å²) in [6, 6.07) is 5.77. The van der Waals surface area contributed by atoms with Gasteiger partial charge in [-0.2, -0.15) is 0 Å². The number of anilines is 1. The van der Waals surface area contributed by atoms with Crippen LogP contribution in [0.1, 0.15) is 5.56 Å². The quantitative estimate of drug-likeness (QED) is 0.868. The van der Waals surface area contributed by atoms with E-state index >= 15 is 0 Å². The van der Waals surface area contributed by atoms with Crippen molar-refractivity contribution in [2.45, 2.75) is 6.54 Å². The highest BCUT2D eigenvalue weighted by Crippen LogP contribution is 2.23. The lowest BCUT2D eigenvalue weighted by Crippen LogP contribution is -2.31. The third-order valence-electron chi connectivity index (χ3n) is 3.19. The minimum absolute atomic E-state index is 0.00810. The molecule has 2 amide bonds. The summed E-state index contributed by atoms with van der Waals surface area (Å²) < 4.78 is 0.869. The Morgan fingerprint density at radius 1 is 1.20 bits per heavy atom. The van der Waals surface area contributed by atoms with E-state index in [1.807, 2.05) is 23.1 Å². The van der Waals surface area contributed by atoms with Crippen LogP contribution in [0.25, 0.3) is 0 Å². The van der Waals surface area contributed by atoms with Crippen LogP contribution in [0.2, 0.25) is 0 Å². The van der Waals surface area contributed by atoms with Crippen LogP contribution in [0.3, 0.4) is 0 Å². The fourth-order valence-corrected chi connectivity index (χ4v) is 2.58. The molecule has 0 radical (unpaired) electrons. The monoisotopic (exact) mass is 332 g/mol. The second kappa shape index (κ2) is 5.58. The third-order valence-corrected chi connectivity index (χ3v) is 3.63.